The quantitative estimate of drug-likeness (QED) is 0.821. The lowest BCUT2D eigenvalue weighted by Gasteiger charge is -2.22. The van der Waals surface area contributed by atoms with Crippen LogP contribution in [0.25, 0.3) is 0 Å². The second-order valence-corrected chi connectivity index (χ2v) is 4.37. The number of ether oxygens (including phenoxy) is 1. The molecule has 1 aromatic carbocycles. The van der Waals surface area contributed by atoms with Crippen LogP contribution in [0.1, 0.15) is 25.7 Å². The molecule has 1 unspecified atom stereocenters. The fourth-order valence-corrected chi connectivity index (χ4v) is 2.06. The first kappa shape index (κ1) is 11.0. The number of hydrogen-bond acceptors (Lipinski definition) is 3. The van der Waals surface area contributed by atoms with E-state index >= 15 is 0 Å². The summed E-state index contributed by atoms with van der Waals surface area (Å²) in [4.78, 5) is 0. The van der Waals surface area contributed by atoms with Gasteiger partial charge in [-0.2, -0.15) is 0 Å². The standard InChI is InChI=1S/C13H17NO2/c14-11-3-1-2-10(8-11)9-16-13-6-4-12(15)5-7-13/h4-7,10,14-15H,1-3,8-9H2. The first-order chi connectivity index (χ1) is 7.74. The summed E-state index contributed by atoms with van der Waals surface area (Å²) in [6.07, 6.45) is 4.09. The van der Waals surface area contributed by atoms with Gasteiger partial charge in [0.15, 0.2) is 0 Å². The zero-order valence-corrected chi connectivity index (χ0v) is 9.28. The molecule has 0 saturated heterocycles. The van der Waals surface area contributed by atoms with Crippen molar-refractivity contribution in [3.05, 3.63) is 24.3 Å². The molecule has 3 nitrogen and oxygen atoms in total. The average molecular weight is 219 g/mol. The van der Waals surface area contributed by atoms with Crippen LogP contribution in [-0.2, 0) is 0 Å². The molecule has 3 heteroatoms. The van der Waals surface area contributed by atoms with Crippen molar-refractivity contribution in [3.8, 4) is 11.5 Å². The lowest BCUT2D eigenvalue weighted by molar-refractivity contribution is 0.236. The van der Waals surface area contributed by atoms with Gasteiger partial charge in [-0.15, -0.1) is 0 Å². The van der Waals surface area contributed by atoms with Crippen molar-refractivity contribution in [2.75, 3.05) is 6.61 Å². The van der Waals surface area contributed by atoms with Gasteiger partial charge in [0, 0.05) is 5.71 Å². The van der Waals surface area contributed by atoms with Crippen LogP contribution in [-0.4, -0.2) is 17.4 Å². The number of nitrogens with one attached hydrogen (secondary N) is 1. The molecule has 1 aromatic rings. The van der Waals surface area contributed by atoms with Gasteiger partial charge in [0.25, 0.3) is 0 Å². The van der Waals surface area contributed by atoms with Crippen LogP contribution in [0.5, 0.6) is 11.5 Å². The van der Waals surface area contributed by atoms with E-state index in [2.05, 4.69) is 0 Å². The van der Waals surface area contributed by atoms with Crippen molar-refractivity contribution in [1.29, 1.82) is 5.41 Å². The Bertz CT molecular complexity index is 359. The van der Waals surface area contributed by atoms with Crippen LogP contribution in [0.15, 0.2) is 24.3 Å². The topological polar surface area (TPSA) is 53.3 Å². The molecule has 86 valence electrons. The Morgan fingerprint density at radius 3 is 2.75 bits per heavy atom. The lowest BCUT2D eigenvalue weighted by Crippen LogP contribution is -2.20. The molecule has 0 amide bonds. The number of benzene rings is 1. The van der Waals surface area contributed by atoms with E-state index in [0.29, 0.717) is 12.5 Å². The zero-order valence-electron chi connectivity index (χ0n) is 9.28. The highest BCUT2D eigenvalue weighted by Crippen LogP contribution is 2.23. The maximum absolute atomic E-state index is 9.12. The van der Waals surface area contributed by atoms with Crippen molar-refractivity contribution in [2.45, 2.75) is 25.7 Å². The zero-order chi connectivity index (χ0) is 11.4. The largest absolute Gasteiger partial charge is 0.508 e. The molecule has 1 fully saturated rings. The summed E-state index contributed by atoms with van der Waals surface area (Å²) in [6.45, 7) is 0.674. The first-order valence-corrected chi connectivity index (χ1v) is 5.72. The summed E-state index contributed by atoms with van der Waals surface area (Å²) in [6, 6.07) is 6.78. The van der Waals surface area contributed by atoms with Gasteiger partial charge in [-0.25, -0.2) is 0 Å². The Balaban J connectivity index is 1.82. The fourth-order valence-electron chi connectivity index (χ4n) is 2.06. The van der Waals surface area contributed by atoms with Gasteiger partial charge >= 0.3 is 0 Å². The number of phenols is 1. The summed E-state index contributed by atoms with van der Waals surface area (Å²) in [7, 11) is 0. The van der Waals surface area contributed by atoms with Gasteiger partial charge < -0.3 is 15.3 Å². The maximum Gasteiger partial charge on any atom is 0.119 e. The van der Waals surface area contributed by atoms with Crippen LogP contribution < -0.4 is 4.74 Å². The van der Waals surface area contributed by atoms with Crippen LogP contribution in [0.2, 0.25) is 0 Å². The summed E-state index contributed by atoms with van der Waals surface area (Å²) < 4.78 is 5.64. The Morgan fingerprint density at radius 2 is 2.06 bits per heavy atom. The molecule has 0 aromatic heterocycles. The minimum absolute atomic E-state index is 0.256. The van der Waals surface area contributed by atoms with E-state index in [1.165, 1.54) is 0 Å². The molecule has 1 atom stereocenters. The Labute approximate surface area is 95.6 Å². The Kier molecular flexibility index (Phi) is 3.44. The van der Waals surface area contributed by atoms with E-state index in [1.807, 2.05) is 0 Å². The summed E-state index contributed by atoms with van der Waals surface area (Å²) in [5.74, 6) is 1.52. The Hall–Kier alpha value is -1.51. The van der Waals surface area contributed by atoms with Gasteiger partial charge in [-0.05, 0) is 55.9 Å². The number of hydrogen-bond donors (Lipinski definition) is 2. The van der Waals surface area contributed by atoms with E-state index in [4.69, 9.17) is 15.3 Å². The smallest absolute Gasteiger partial charge is 0.119 e. The van der Waals surface area contributed by atoms with E-state index in [-0.39, 0.29) is 5.75 Å². The minimum Gasteiger partial charge on any atom is -0.508 e. The predicted octanol–water partition coefficient (Wildman–Crippen LogP) is 2.98. The van der Waals surface area contributed by atoms with E-state index < -0.39 is 0 Å². The molecule has 1 aliphatic carbocycles. The molecule has 2 N–H and O–H groups in total. The SMILES string of the molecule is N=C1CCCC(COc2ccc(O)cc2)C1. The molecular formula is C13H17NO2. The number of phenolic OH excluding ortho intramolecular Hbond substituents is 1. The van der Waals surface area contributed by atoms with E-state index in [9.17, 15) is 0 Å². The van der Waals surface area contributed by atoms with Crippen LogP contribution in [0.4, 0.5) is 0 Å². The van der Waals surface area contributed by atoms with Crippen molar-refractivity contribution in [3.63, 3.8) is 0 Å². The Morgan fingerprint density at radius 1 is 1.31 bits per heavy atom. The predicted molar refractivity (Wildman–Crippen MR) is 63.3 cm³/mol. The van der Waals surface area contributed by atoms with Gasteiger partial charge in [-0.3, -0.25) is 0 Å². The summed E-state index contributed by atoms with van der Waals surface area (Å²) in [5, 5.41) is 16.8. The molecule has 0 bridgehead atoms. The van der Waals surface area contributed by atoms with Crippen molar-refractivity contribution < 1.29 is 9.84 Å². The van der Waals surface area contributed by atoms with Crippen LogP contribution in [0, 0.1) is 11.3 Å². The van der Waals surface area contributed by atoms with E-state index in [0.717, 1.165) is 37.1 Å². The highest BCUT2D eigenvalue weighted by molar-refractivity contribution is 5.82. The normalized spacial score (nSPS) is 20.8. The van der Waals surface area contributed by atoms with Crippen LogP contribution in [0.3, 0.4) is 0 Å². The van der Waals surface area contributed by atoms with Crippen molar-refractivity contribution >= 4 is 5.71 Å². The highest BCUT2D eigenvalue weighted by Gasteiger charge is 2.17. The van der Waals surface area contributed by atoms with Crippen molar-refractivity contribution in [2.24, 2.45) is 5.92 Å². The molecule has 0 aliphatic heterocycles. The van der Waals surface area contributed by atoms with E-state index in [1.54, 1.807) is 24.3 Å². The van der Waals surface area contributed by atoms with Crippen molar-refractivity contribution in [1.82, 2.24) is 0 Å². The van der Waals surface area contributed by atoms with Gasteiger partial charge in [0.05, 0.1) is 6.61 Å². The lowest BCUT2D eigenvalue weighted by atomic mass is 9.88. The second kappa shape index (κ2) is 5.01. The minimum atomic E-state index is 0.256. The molecule has 0 heterocycles. The van der Waals surface area contributed by atoms with Crippen LogP contribution >= 0.6 is 0 Å². The average Bonchev–Trinajstić information content (AvgIpc) is 2.28. The highest BCUT2D eigenvalue weighted by atomic mass is 16.5. The fraction of sp³-hybridized carbons (Fsp3) is 0.462. The third-order valence-electron chi connectivity index (χ3n) is 2.95. The molecule has 0 radical (unpaired) electrons. The first-order valence-electron chi connectivity index (χ1n) is 5.72. The third-order valence-corrected chi connectivity index (χ3v) is 2.95. The molecule has 2 rings (SSSR count). The number of aromatic hydroxyl groups is 1. The molecule has 16 heavy (non-hydrogen) atoms. The number of rotatable bonds is 3. The molecule has 1 saturated carbocycles. The summed E-state index contributed by atoms with van der Waals surface area (Å²) >= 11 is 0. The molecule has 1 aliphatic rings. The monoisotopic (exact) mass is 219 g/mol. The third kappa shape index (κ3) is 2.99. The summed E-state index contributed by atoms with van der Waals surface area (Å²) in [5.41, 5.74) is 0.852. The van der Waals surface area contributed by atoms with Gasteiger partial charge in [0.1, 0.15) is 11.5 Å². The second-order valence-electron chi connectivity index (χ2n) is 4.37. The van der Waals surface area contributed by atoms with Gasteiger partial charge in [0.2, 0.25) is 0 Å². The molecule has 0 spiro atoms. The van der Waals surface area contributed by atoms with Gasteiger partial charge in [-0.1, -0.05) is 0 Å². The molecular weight excluding hydrogens is 202 g/mol. The maximum atomic E-state index is 9.12.